The highest BCUT2D eigenvalue weighted by Gasteiger charge is 2.32. The van der Waals surface area contributed by atoms with Crippen LogP contribution < -0.4 is 5.32 Å². The molecule has 0 aromatic heterocycles. The lowest BCUT2D eigenvalue weighted by Gasteiger charge is -2.25. The van der Waals surface area contributed by atoms with Crippen LogP contribution in [-0.4, -0.2) is 31.9 Å². The SMILES string of the molecule is CCC(C)N1CCNc2ccc(Br)cc2S1(=O)=O. The summed E-state index contributed by atoms with van der Waals surface area (Å²) < 4.78 is 27.6. The molecule has 0 aliphatic carbocycles. The van der Waals surface area contributed by atoms with Crippen molar-refractivity contribution in [2.45, 2.75) is 31.2 Å². The van der Waals surface area contributed by atoms with Gasteiger partial charge in [-0.25, -0.2) is 8.42 Å². The normalized spacial score (nSPS) is 20.6. The summed E-state index contributed by atoms with van der Waals surface area (Å²) in [7, 11) is -3.41. The van der Waals surface area contributed by atoms with E-state index in [1.54, 1.807) is 16.4 Å². The van der Waals surface area contributed by atoms with Gasteiger partial charge < -0.3 is 5.32 Å². The molecule has 100 valence electrons. The molecule has 0 amide bonds. The number of nitrogens with one attached hydrogen (secondary N) is 1. The molecule has 2 rings (SSSR count). The Balaban J connectivity index is 2.55. The van der Waals surface area contributed by atoms with E-state index in [1.165, 1.54) is 0 Å². The molecule has 1 atom stereocenters. The molecule has 1 aliphatic rings. The van der Waals surface area contributed by atoms with Crippen LogP contribution in [0.25, 0.3) is 0 Å². The Labute approximate surface area is 117 Å². The molecule has 1 unspecified atom stereocenters. The molecule has 1 aliphatic heterocycles. The molecule has 1 N–H and O–H groups in total. The number of rotatable bonds is 2. The second kappa shape index (κ2) is 5.19. The van der Waals surface area contributed by atoms with Gasteiger partial charge in [-0.1, -0.05) is 22.9 Å². The molecule has 1 aromatic carbocycles. The van der Waals surface area contributed by atoms with Crippen molar-refractivity contribution in [3.05, 3.63) is 22.7 Å². The largest absolute Gasteiger partial charge is 0.383 e. The monoisotopic (exact) mass is 332 g/mol. The summed E-state index contributed by atoms with van der Waals surface area (Å²) in [4.78, 5) is 0.356. The maximum absolute atomic E-state index is 12.6. The van der Waals surface area contributed by atoms with Gasteiger partial charge in [0.1, 0.15) is 4.90 Å². The van der Waals surface area contributed by atoms with Crippen LogP contribution in [0.2, 0.25) is 0 Å². The van der Waals surface area contributed by atoms with Crippen LogP contribution in [-0.2, 0) is 10.0 Å². The van der Waals surface area contributed by atoms with Crippen molar-refractivity contribution in [3.8, 4) is 0 Å². The van der Waals surface area contributed by atoms with Crippen molar-refractivity contribution in [2.75, 3.05) is 18.4 Å². The van der Waals surface area contributed by atoms with Crippen LogP contribution in [0.3, 0.4) is 0 Å². The topological polar surface area (TPSA) is 49.4 Å². The fourth-order valence-corrected chi connectivity index (χ4v) is 4.48. The van der Waals surface area contributed by atoms with E-state index in [4.69, 9.17) is 0 Å². The van der Waals surface area contributed by atoms with Crippen LogP contribution in [0.15, 0.2) is 27.6 Å². The third kappa shape index (κ3) is 2.41. The highest BCUT2D eigenvalue weighted by atomic mass is 79.9. The number of nitrogens with zero attached hydrogens (tertiary/aromatic N) is 1. The molecule has 4 nitrogen and oxygen atoms in total. The number of hydrogen-bond acceptors (Lipinski definition) is 3. The predicted octanol–water partition coefficient (Wildman–Crippen LogP) is 2.66. The third-order valence-corrected chi connectivity index (χ3v) is 5.81. The molecule has 18 heavy (non-hydrogen) atoms. The maximum Gasteiger partial charge on any atom is 0.245 e. The zero-order valence-corrected chi connectivity index (χ0v) is 12.9. The van der Waals surface area contributed by atoms with Gasteiger partial charge in [0.2, 0.25) is 10.0 Å². The zero-order valence-electron chi connectivity index (χ0n) is 10.5. The Bertz CT molecular complexity index is 545. The molecule has 6 heteroatoms. The summed E-state index contributed by atoms with van der Waals surface area (Å²) in [5.74, 6) is 0. The number of halogens is 1. The van der Waals surface area contributed by atoms with Gasteiger partial charge in [-0.3, -0.25) is 0 Å². The lowest BCUT2D eigenvalue weighted by Crippen LogP contribution is -2.39. The summed E-state index contributed by atoms with van der Waals surface area (Å²) in [5, 5.41) is 3.18. The summed E-state index contributed by atoms with van der Waals surface area (Å²) in [6.07, 6.45) is 0.808. The van der Waals surface area contributed by atoms with Crippen LogP contribution in [0.4, 0.5) is 5.69 Å². The van der Waals surface area contributed by atoms with Crippen LogP contribution in [0, 0.1) is 0 Å². The Hall–Kier alpha value is -0.590. The van der Waals surface area contributed by atoms with E-state index < -0.39 is 10.0 Å². The maximum atomic E-state index is 12.6. The Kier molecular flexibility index (Phi) is 3.99. The van der Waals surface area contributed by atoms with Crippen molar-refractivity contribution in [1.82, 2.24) is 4.31 Å². The number of hydrogen-bond donors (Lipinski definition) is 1. The highest BCUT2D eigenvalue weighted by molar-refractivity contribution is 9.10. The average molecular weight is 333 g/mol. The quantitative estimate of drug-likeness (QED) is 0.905. The van der Waals surface area contributed by atoms with Gasteiger partial charge in [-0.05, 0) is 31.5 Å². The molecule has 1 heterocycles. The first-order valence-corrected chi connectivity index (χ1v) is 8.25. The minimum atomic E-state index is -3.41. The van der Waals surface area contributed by atoms with Gasteiger partial charge in [0.15, 0.2) is 0 Å². The Morgan fingerprint density at radius 2 is 2.22 bits per heavy atom. The third-order valence-electron chi connectivity index (χ3n) is 3.26. The van der Waals surface area contributed by atoms with E-state index in [2.05, 4.69) is 21.2 Å². The fourth-order valence-electron chi connectivity index (χ4n) is 2.06. The van der Waals surface area contributed by atoms with Crippen molar-refractivity contribution in [3.63, 3.8) is 0 Å². The molecule has 0 spiro atoms. The number of fused-ring (bicyclic) bond motifs is 1. The number of benzene rings is 1. The van der Waals surface area contributed by atoms with Crippen molar-refractivity contribution in [2.24, 2.45) is 0 Å². The summed E-state index contributed by atoms with van der Waals surface area (Å²) in [5.41, 5.74) is 0.684. The molecule has 1 aromatic rings. The van der Waals surface area contributed by atoms with E-state index in [-0.39, 0.29) is 6.04 Å². The first-order chi connectivity index (χ1) is 8.46. The molecule has 0 bridgehead atoms. The first kappa shape index (κ1) is 13.8. The van der Waals surface area contributed by atoms with E-state index >= 15 is 0 Å². The number of sulfonamides is 1. The van der Waals surface area contributed by atoms with Gasteiger partial charge in [0.25, 0.3) is 0 Å². The molecular formula is C12H17BrN2O2S. The van der Waals surface area contributed by atoms with Crippen molar-refractivity contribution >= 4 is 31.6 Å². The first-order valence-electron chi connectivity index (χ1n) is 6.02. The lowest BCUT2D eigenvalue weighted by molar-refractivity contribution is 0.341. The van der Waals surface area contributed by atoms with Gasteiger partial charge >= 0.3 is 0 Å². The molecule has 0 fully saturated rings. The van der Waals surface area contributed by atoms with E-state index in [1.807, 2.05) is 19.9 Å². The van der Waals surface area contributed by atoms with Gasteiger partial charge in [-0.15, -0.1) is 0 Å². The van der Waals surface area contributed by atoms with Crippen molar-refractivity contribution < 1.29 is 8.42 Å². The minimum absolute atomic E-state index is 0.0155. The molecule has 0 saturated heterocycles. The standard InChI is InChI=1S/C12H17BrN2O2S/c1-3-9(2)15-7-6-14-11-5-4-10(13)8-12(11)18(15,16)17/h4-5,8-9,14H,3,6-7H2,1-2H3. The molecule has 0 radical (unpaired) electrons. The van der Waals surface area contributed by atoms with E-state index in [0.717, 1.165) is 10.9 Å². The second-order valence-corrected chi connectivity index (χ2v) is 7.21. The molecular weight excluding hydrogens is 316 g/mol. The smallest absolute Gasteiger partial charge is 0.245 e. The van der Waals surface area contributed by atoms with E-state index in [9.17, 15) is 8.42 Å². The van der Waals surface area contributed by atoms with Crippen LogP contribution in [0.5, 0.6) is 0 Å². The number of anilines is 1. The average Bonchev–Trinajstić information content (AvgIpc) is 2.46. The summed E-state index contributed by atoms with van der Waals surface area (Å²) in [6, 6.07) is 5.33. The Morgan fingerprint density at radius 1 is 1.50 bits per heavy atom. The predicted molar refractivity (Wildman–Crippen MR) is 76.3 cm³/mol. The van der Waals surface area contributed by atoms with Gasteiger partial charge in [-0.2, -0.15) is 4.31 Å². The minimum Gasteiger partial charge on any atom is -0.383 e. The summed E-state index contributed by atoms with van der Waals surface area (Å²) in [6.45, 7) is 5.09. The highest BCUT2D eigenvalue weighted by Crippen LogP contribution is 2.31. The summed E-state index contributed by atoms with van der Waals surface area (Å²) >= 11 is 3.33. The van der Waals surface area contributed by atoms with Crippen molar-refractivity contribution in [1.29, 1.82) is 0 Å². The van der Waals surface area contributed by atoms with Crippen LogP contribution in [0.1, 0.15) is 20.3 Å². The van der Waals surface area contributed by atoms with Crippen LogP contribution >= 0.6 is 15.9 Å². The van der Waals surface area contributed by atoms with Gasteiger partial charge in [0, 0.05) is 23.6 Å². The van der Waals surface area contributed by atoms with Gasteiger partial charge in [0.05, 0.1) is 5.69 Å². The molecule has 0 saturated carbocycles. The fraction of sp³-hybridized carbons (Fsp3) is 0.500. The zero-order chi connectivity index (χ0) is 13.3. The second-order valence-electron chi connectivity index (χ2n) is 4.44. The lowest BCUT2D eigenvalue weighted by atomic mass is 10.2. The van der Waals surface area contributed by atoms with E-state index in [0.29, 0.717) is 23.7 Å². The Morgan fingerprint density at radius 3 is 2.89 bits per heavy atom.